The maximum absolute atomic E-state index is 4.05. The van der Waals surface area contributed by atoms with Crippen molar-refractivity contribution in [1.29, 1.82) is 0 Å². The zero-order valence-electron chi connectivity index (χ0n) is 10.4. The van der Waals surface area contributed by atoms with Crippen molar-refractivity contribution in [2.45, 2.75) is 19.8 Å². The normalized spacial score (nSPS) is 15.3. The van der Waals surface area contributed by atoms with Crippen LogP contribution in [0.5, 0.6) is 0 Å². The summed E-state index contributed by atoms with van der Waals surface area (Å²) >= 11 is 0. The number of nitrogens with zero attached hydrogens (tertiary/aromatic N) is 1. The van der Waals surface area contributed by atoms with Gasteiger partial charge in [0.1, 0.15) is 0 Å². The highest BCUT2D eigenvalue weighted by Crippen LogP contribution is 2.34. The van der Waals surface area contributed by atoms with Crippen molar-refractivity contribution >= 4 is 24.1 Å². The van der Waals surface area contributed by atoms with Crippen molar-refractivity contribution in [3.63, 3.8) is 0 Å². The summed E-state index contributed by atoms with van der Waals surface area (Å²) in [5.41, 5.74) is 6.95. The maximum Gasteiger partial charge on any atom is 0.0273 e. The minimum absolute atomic E-state index is 0. The number of benzene rings is 1. The van der Waals surface area contributed by atoms with Crippen LogP contribution < -0.4 is 0 Å². The Morgan fingerprint density at radius 3 is 2.61 bits per heavy atom. The van der Waals surface area contributed by atoms with E-state index in [1.807, 2.05) is 12.4 Å². The molecule has 0 fully saturated rings. The lowest BCUT2D eigenvalue weighted by Crippen LogP contribution is -1.83. The summed E-state index contributed by atoms with van der Waals surface area (Å²) in [7, 11) is 0. The standard InChI is InChI=1S/C16H15N.ClH/c1-12-2-3-14-4-5-15(16(14)10-12)11-13-6-8-17-9-7-13;/h2-3,6-11H,4-5H2,1H3;1H. The summed E-state index contributed by atoms with van der Waals surface area (Å²) in [5.74, 6) is 0. The number of aromatic nitrogens is 1. The van der Waals surface area contributed by atoms with Crippen LogP contribution >= 0.6 is 12.4 Å². The Hall–Kier alpha value is -1.60. The molecule has 0 saturated heterocycles. The van der Waals surface area contributed by atoms with E-state index in [0.717, 1.165) is 6.42 Å². The lowest BCUT2D eigenvalue weighted by Gasteiger charge is -2.03. The third-order valence-corrected chi connectivity index (χ3v) is 3.32. The molecule has 1 aromatic heterocycles. The molecule has 0 amide bonds. The van der Waals surface area contributed by atoms with Crippen LogP contribution in [0.4, 0.5) is 0 Å². The quantitative estimate of drug-likeness (QED) is 0.742. The van der Waals surface area contributed by atoms with Crippen molar-refractivity contribution in [2.75, 3.05) is 0 Å². The second-order valence-corrected chi connectivity index (χ2v) is 4.61. The molecule has 1 aromatic carbocycles. The largest absolute Gasteiger partial charge is 0.265 e. The van der Waals surface area contributed by atoms with Gasteiger partial charge in [-0.2, -0.15) is 0 Å². The molecule has 0 atom stereocenters. The van der Waals surface area contributed by atoms with E-state index in [2.05, 4.69) is 48.3 Å². The lowest BCUT2D eigenvalue weighted by atomic mass is 10.0. The number of halogens is 1. The molecule has 1 nitrogen and oxygen atoms in total. The molecule has 0 spiro atoms. The van der Waals surface area contributed by atoms with Gasteiger partial charge in [0, 0.05) is 12.4 Å². The van der Waals surface area contributed by atoms with Gasteiger partial charge in [-0.1, -0.05) is 29.8 Å². The molecule has 92 valence electrons. The zero-order valence-corrected chi connectivity index (χ0v) is 11.2. The van der Waals surface area contributed by atoms with Gasteiger partial charge in [-0.25, -0.2) is 0 Å². The first-order valence-electron chi connectivity index (χ1n) is 6.03. The summed E-state index contributed by atoms with van der Waals surface area (Å²) < 4.78 is 0. The first-order chi connectivity index (χ1) is 8.33. The zero-order chi connectivity index (χ0) is 11.7. The molecule has 1 aliphatic carbocycles. The van der Waals surface area contributed by atoms with E-state index in [1.54, 1.807) is 0 Å². The smallest absolute Gasteiger partial charge is 0.0273 e. The highest BCUT2D eigenvalue weighted by atomic mass is 35.5. The van der Waals surface area contributed by atoms with E-state index in [1.165, 1.54) is 34.2 Å². The Morgan fingerprint density at radius 2 is 1.83 bits per heavy atom. The molecule has 0 aliphatic heterocycles. The maximum atomic E-state index is 4.05. The topological polar surface area (TPSA) is 12.9 Å². The summed E-state index contributed by atoms with van der Waals surface area (Å²) in [6.45, 7) is 2.16. The third kappa shape index (κ3) is 2.46. The Bertz CT molecular complexity index is 573. The number of fused-ring (bicyclic) bond motifs is 1. The molecule has 18 heavy (non-hydrogen) atoms. The fourth-order valence-corrected chi connectivity index (χ4v) is 2.42. The lowest BCUT2D eigenvalue weighted by molar-refractivity contribution is 1.08. The second-order valence-electron chi connectivity index (χ2n) is 4.61. The first kappa shape index (κ1) is 12.8. The molecular formula is C16H16ClN. The van der Waals surface area contributed by atoms with Gasteiger partial charge < -0.3 is 0 Å². The highest BCUT2D eigenvalue weighted by molar-refractivity contribution is 5.85. The Labute approximate surface area is 114 Å². The number of hydrogen-bond acceptors (Lipinski definition) is 1. The van der Waals surface area contributed by atoms with Gasteiger partial charge in [0.15, 0.2) is 0 Å². The molecule has 2 aromatic rings. The van der Waals surface area contributed by atoms with E-state index in [-0.39, 0.29) is 12.4 Å². The summed E-state index contributed by atoms with van der Waals surface area (Å²) in [5, 5.41) is 0. The van der Waals surface area contributed by atoms with E-state index in [9.17, 15) is 0 Å². The molecule has 3 rings (SSSR count). The average Bonchev–Trinajstić information content (AvgIpc) is 2.73. The van der Waals surface area contributed by atoms with E-state index in [0.29, 0.717) is 0 Å². The van der Waals surface area contributed by atoms with Gasteiger partial charge >= 0.3 is 0 Å². The van der Waals surface area contributed by atoms with Gasteiger partial charge in [0.25, 0.3) is 0 Å². The van der Waals surface area contributed by atoms with Crippen LogP contribution in [-0.2, 0) is 6.42 Å². The number of hydrogen-bond donors (Lipinski definition) is 0. The second kappa shape index (κ2) is 5.36. The van der Waals surface area contributed by atoms with Crippen LogP contribution in [0, 0.1) is 6.92 Å². The van der Waals surface area contributed by atoms with Gasteiger partial charge in [-0.15, -0.1) is 12.4 Å². The minimum atomic E-state index is 0. The fourth-order valence-electron chi connectivity index (χ4n) is 2.42. The van der Waals surface area contributed by atoms with Crippen LogP contribution in [0.1, 0.15) is 28.7 Å². The van der Waals surface area contributed by atoms with Gasteiger partial charge in [-0.3, -0.25) is 4.98 Å². The minimum Gasteiger partial charge on any atom is -0.265 e. The van der Waals surface area contributed by atoms with Crippen molar-refractivity contribution in [2.24, 2.45) is 0 Å². The van der Waals surface area contributed by atoms with Crippen LogP contribution in [0.2, 0.25) is 0 Å². The molecule has 2 heteroatoms. The van der Waals surface area contributed by atoms with E-state index in [4.69, 9.17) is 0 Å². The molecule has 0 bridgehead atoms. The Balaban J connectivity index is 0.00000120. The van der Waals surface area contributed by atoms with Crippen LogP contribution in [-0.4, -0.2) is 4.98 Å². The Kier molecular flexibility index (Phi) is 3.83. The number of allylic oxidation sites excluding steroid dienone is 1. The number of rotatable bonds is 1. The third-order valence-electron chi connectivity index (χ3n) is 3.32. The monoisotopic (exact) mass is 257 g/mol. The predicted octanol–water partition coefficient (Wildman–Crippen LogP) is 4.30. The van der Waals surface area contributed by atoms with Crippen molar-refractivity contribution in [1.82, 2.24) is 4.98 Å². The highest BCUT2D eigenvalue weighted by Gasteiger charge is 2.15. The fraction of sp³-hybridized carbons (Fsp3) is 0.188. The SMILES string of the molecule is Cc1ccc2c(c1)C(=Cc1ccncc1)CC2.Cl. The molecule has 0 saturated carbocycles. The molecule has 0 radical (unpaired) electrons. The molecule has 1 heterocycles. The molecule has 0 unspecified atom stereocenters. The number of aryl methyl sites for hydroxylation is 2. The van der Waals surface area contributed by atoms with Crippen molar-refractivity contribution in [3.05, 3.63) is 65.0 Å². The predicted molar refractivity (Wildman–Crippen MR) is 78.9 cm³/mol. The van der Waals surface area contributed by atoms with Crippen molar-refractivity contribution < 1.29 is 0 Å². The van der Waals surface area contributed by atoms with Gasteiger partial charge in [0.05, 0.1) is 0 Å². The number of pyridine rings is 1. The summed E-state index contributed by atoms with van der Waals surface area (Å²) in [6.07, 6.45) is 8.30. The molecule has 0 N–H and O–H groups in total. The van der Waals surface area contributed by atoms with Gasteiger partial charge in [-0.05, 0) is 54.2 Å². The van der Waals surface area contributed by atoms with E-state index < -0.39 is 0 Å². The van der Waals surface area contributed by atoms with Crippen LogP contribution in [0.15, 0.2) is 42.7 Å². The van der Waals surface area contributed by atoms with Gasteiger partial charge in [0.2, 0.25) is 0 Å². The summed E-state index contributed by atoms with van der Waals surface area (Å²) in [4.78, 5) is 4.05. The summed E-state index contributed by atoms with van der Waals surface area (Å²) in [6, 6.07) is 10.9. The Morgan fingerprint density at radius 1 is 1.06 bits per heavy atom. The molecule has 1 aliphatic rings. The molecular weight excluding hydrogens is 242 g/mol. The van der Waals surface area contributed by atoms with Crippen LogP contribution in [0.25, 0.3) is 11.6 Å². The van der Waals surface area contributed by atoms with Crippen LogP contribution in [0.3, 0.4) is 0 Å². The van der Waals surface area contributed by atoms with E-state index >= 15 is 0 Å². The first-order valence-corrected chi connectivity index (χ1v) is 6.03. The van der Waals surface area contributed by atoms with Crippen molar-refractivity contribution in [3.8, 4) is 0 Å². The average molecular weight is 258 g/mol.